The summed E-state index contributed by atoms with van der Waals surface area (Å²) in [5, 5.41) is 20.4. The summed E-state index contributed by atoms with van der Waals surface area (Å²) in [6.07, 6.45) is 0. The van der Waals surface area contributed by atoms with Gasteiger partial charge >= 0.3 is 5.97 Å². The third-order valence-electron chi connectivity index (χ3n) is 1.69. The van der Waals surface area contributed by atoms with Gasteiger partial charge in [-0.3, -0.25) is 4.79 Å². The highest BCUT2D eigenvalue weighted by atomic mass is 16.5. The summed E-state index contributed by atoms with van der Waals surface area (Å²) in [5.41, 5.74) is -0.925. The molecule has 0 atom stereocenters. The minimum absolute atomic E-state index is 0.0359. The van der Waals surface area contributed by atoms with Crippen molar-refractivity contribution in [3.8, 4) is 0 Å². The Kier molecular flexibility index (Phi) is 4.80. The number of hydrogen-bond donors (Lipinski definition) is 3. The molecule has 0 heterocycles. The second-order valence-electron chi connectivity index (χ2n) is 2.63. The monoisotopic (exact) mass is 177 g/mol. The zero-order chi connectivity index (χ0) is 9.61. The molecule has 0 saturated carbocycles. The van der Waals surface area contributed by atoms with Gasteiger partial charge in [0.15, 0.2) is 0 Å². The van der Waals surface area contributed by atoms with E-state index in [1.807, 2.05) is 0 Å². The molecule has 0 rings (SSSR count). The van der Waals surface area contributed by atoms with Gasteiger partial charge in [-0.1, -0.05) is 0 Å². The van der Waals surface area contributed by atoms with E-state index >= 15 is 0 Å². The first kappa shape index (κ1) is 11.4. The van der Waals surface area contributed by atoms with Crippen LogP contribution in [0.15, 0.2) is 0 Å². The van der Waals surface area contributed by atoms with Crippen LogP contribution >= 0.6 is 0 Å². The lowest BCUT2D eigenvalue weighted by Gasteiger charge is -2.28. The molecule has 0 aromatic heterocycles. The Bertz CT molecular complexity index is 136. The van der Waals surface area contributed by atoms with Crippen molar-refractivity contribution in [1.29, 1.82) is 0 Å². The average Bonchev–Trinajstić information content (AvgIpc) is 2.08. The van der Waals surface area contributed by atoms with Crippen LogP contribution in [-0.2, 0) is 9.53 Å². The number of esters is 1. The summed E-state index contributed by atoms with van der Waals surface area (Å²) in [5.74, 6) is -0.434. The Morgan fingerprint density at radius 2 is 2.00 bits per heavy atom. The average molecular weight is 177 g/mol. The highest BCUT2D eigenvalue weighted by Crippen LogP contribution is 2.02. The highest BCUT2D eigenvalue weighted by molar-refractivity contribution is 5.65. The van der Waals surface area contributed by atoms with Gasteiger partial charge in [-0.05, 0) is 7.05 Å². The van der Waals surface area contributed by atoms with Gasteiger partial charge in [-0.15, -0.1) is 0 Å². The van der Waals surface area contributed by atoms with Crippen molar-refractivity contribution in [1.82, 2.24) is 5.32 Å². The van der Waals surface area contributed by atoms with Crippen molar-refractivity contribution in [2.24, 2.45) is 0 Å². The van der Waals surface area contributed by atoms with E-state index in [0.29, 0.717) is 0 Å². The molecular formula is C7H15NO4. The summed E-state index contributed by atoms with van der Waals surface area (Å²) in [7, 11) is 1.58. The van der Waals surface area contributed by atoms with Gasteiger partial charge in [0, 0.05) is 6.92 Å². The van der Waals surface area contributed by atoms with Crippen LogP contribution in [-0.4, -0.2) is 48.6 Å². The number of nitrogens with one attached hydrogen (secondary N) is 1. The van der Waals surface area contributed by atoms with E-state index in [2.05, 4.69) is 10.1 Å². The molecule has 0 aliphatic carbocycles. The van der Waals surface area contributed by atoms with Crippen LogP contribution in [0, 0.1) is 0 Å². The van der Waals surface area contributed by atoms with E-state index in [9.17, 15) is 4.79 Å². The zero-order valence-electron chi connectivity index (χ0n) is 7.33. The molecule has 0 amide bonds. The van der Waals surface area contributed by atoms with Gasteiger partial charge in [0.05, 0.1) is 18.8 Å². The lowest BCUT2D eigenvalue weighted by Crippen LogP contribution is -2.53. The second kappa shape index (κ2) is 5.08. The lowest BCUT2D eigenvalue weighted by atomic mass is 10.0. The van der Waals surface area contributed by atoms with Gasteiger partial charge in [0.2, 0.25) is 0 Å². The normalized spacial score (nSPS) is 11.3. The highest BCUT2D eigenvalue weighted by Gasteiger charge is 2.27. The van der Waals surface area contributed by atoms with E-state index in [0.717, 1.165) is 0 Å². The predicted octanol–water partition coefficient (Wildman–Crippen LogP) is -1.51. The number of hydrogen-bond acceptors (Lipinski definition) is 5. The van der Waals surface area contributed by atoms with Crippen LogP contribution in [0.3, 0.4) is 0 Å². The SMILES string of the molecule is CNC(CO)(CO)COC(C)=O. The van der Waals surface area contributed by atoms with Gasteiger partial charge in [0.25, 0.3) is 0 Å². The molecule has 0 saturated heterocycles. The smallest absolute Gasteiger partial charge is 0.302 e. The van der Waals surface area contributed by atoms with Gasteiger partial charge in [-0.25, -0.2) is 0 Å². The number of carbonyl (C=O) groups excluding carboxylic acids is 1. The summed E-state index contributed by atoms with van der Waals surface area (Å²) >= 11 is 0. The molecule has 0 aromatic rings. The van der Waals surface area contributed by atoms with Crippen LogP contribution in [0.1, 0.15) is 6.92 Å². The maximum atomic E-state index is 10.4. The van der Waals surface area contributed by atoms with Crippen LogP contribution < -0.4 is 5.32 Å². The maximum absolute atomic E-state index is 10.4. The van der Waals surface area contributed by atoms with Crippen molar-refractivity contribution in [2.45, 2.75) is 12.5 Å². The molecule has 3 N–H and O–H groups in total. The molecule has 0 aromatic carbocycles. The lowest BCUT2D eigenvalue weighted by molar-refractivity contribution is -0.144. The molecule has 0 bridgehead atoms. The minimum Gasteiger partial charge on any atom is -0.464 e. The largest absolute Gasteiger partial charge is 0.464 e. The second-order valence-corrected chi connectivity index (χ2v) is 2.63. The van der Waals surface area contributed by atoms with Gasteiger partial charge in [0.1, 0.15) is 6.61 Å². The number of carbonyl (C=O) groups is 1. The molecular weight excluding hydrogens is 162 g/mol. The van der Waals surface area contributed by atoms with E-state index in [4.69, 9.17) is 10.2 Å². The molecule has 0 aliphatic heterocycles. The molecule has 5 nitrogen and oxygen atoms in total. The fourth-order valence-corrected chi connectivity index (χ4v) is 0.611. The summed E-state index contributed by atoms with van der Waals surface area (Å²) < 4.78 is 4.66. The fraction of sp³-hybridized carbons (Fsp3) is 0.857. The van der Waals surface area contributed by atoms with Crippen LogP contribution in [0.4, 0.5) is 0 Å². The summed E-state index contributed by atoms with van der Waals surface area (Å²) in [4.78, 5) is 10.4. The number of aliphatic hydroxyl groups excluding tert-OH is 2. The standard InChI is InChI=1S/C7H15NO4/c1-6(11)12-5-7(3-9,4-10)8-2/h8-10H,3-5H2,1-2H3. The van der Waals surface area contributed by atoms with Crippen LogP contribution in [0.2, 0.25) is 0 Å². The zero-order valence-corrected chi connectivity index (χ0v) is 7.33. The molecule has 0 unspecified atom stereocenters. The van der Waals surface area contributed by atoms with Crippen molar-refractivity contribution < 1.29 is 19.7 Å². The molecule has 0 radical (unpaired) electrons. The maximum Gasteiger partial charge on any atom is 0.302 e. The molecule has 72 valence electrons. The molecule has 5 heteroatoms. The first-order chi connectivity index (χ1) is 5.60. The van der Waals surface area contributed by atoms with E-state index < -0.39 is 11.5 Å². The topological polar surface area (TPSA) is 78.8 Å². The summed E-state index contributed by atoms with van der Waals surface area (Å²) in [6.45, 7) is 0.668. The third kappa shape index (κ3) is 3.17. The Hall–Kier alpha value is -0.650. The van der Waals surface area contributed by atoms with Gasteiger partial charge < -0.3 is 20.3 Å². The van der Waals surface area contributed by atoms with Crippen molar-refractivity contribution >= 4 is 5.97 Å². The van der Waals surface area contributed by atoms with Crippen molar-refractivity contribution in [3.63, 3.8) is 0 Å². The Labute approximate surface area is 71.3 Å². The Morgan fingerprint density at radius 3 is 2.25 bits per heavy atom. The Morgan fingerprint density at radius 1 is 1.50 bits per heavy atom. The van der Waals surface area contributed by atoms with Crippen LogP contribution in [0.5, 0.6) is 0 Å². The molecule has 0 aliphatic rings. The van der Waals surface area contributed by atoms with E-state index in [1.165, 1.54) is 6.92 Å². The van der Waals surface area contributed by atoms with Gasteiger partial charge in [-0.2, -0.15) is 0 Å². The van der Waals surface area contributed by atoms with E-state index in [1.54, 1.807) is 7.05 Å². The fourth-order valence-electron chi connectivity index (χ4n) is 0.611. The minimum atomic E-state index is -0.925. The number of likely N-dealkylation sites (N-methyl/N-ethyl adjacent to an activating group) is 1. The molecule has 12 heavy (non-hydrogen) atoms. The first-order valence-corrected chi connectivity index (χ1v) is 3.64. The Balaban J connectivity index is 4.01. The van der Waals surface area contributed by atoms with Crippen molar-refractivity contribution in [2.75, 3.05) is 26.9 Å². The van der Waals surface area contributed by atoms with E-state index in [-0.39, 0.29) is 19.8 Å². The number of aliphatic hydroxyl groups is 2. The van der Waals surface area contributed by atoms with Crippen molar-refractivity contribution in [3.05, 3.63) is 0 Å². The third-order valence-corrected chi connectivity index (χ3v) is 1.69. The number of rotatable bonds is 5. The summed E-state index contributed by atoms with van der Waals surface area (Å²) in [6, 6.07) is 0. The first-order valence-electron chi connectivity index (χ1n) is 3.64. The predicted molar refractivity (Wildman–Crippen MR) is 42.6 cm³/mol. The quantitative estimate of drug-likeness (QED) is 0.445. The molecule has 0 fully saturated rings. The molecule has 0 spiro atoms. The number of ether oxygens (including phenoxy) is 1. The van der Waals surface area contributed by atoms with Crippen LogP contribution in [0.25, 0.3) is 0 Å².